The summed E-state index contributed by atoms with van der Waals surface area (Å²) in [6.07, 6.45) is 0. The lowest BCUT2D eigenvalue weighted by Crippen LogP contribution is -2.23. The van der Waals surface area contributed by atoms with Crippen LogP contribution in [0.3, 0.4) is 0 Å². The first-order valence-electron chi connectivity index (χ1n) is 7.22. The van der Waals surface area contributed by atoms with Gasteiger partial charge in [-0.25, -0.2) is 9.59 Å². The summed E-state index contributed by atoms with van der Waals surface area (Å²) in [4.78, 5) is 23.8. The Hall–Kier alpha value is -2.83. The summed E-state index contributed by atoms with van der Waals surface area (Å²) in [7, 11) is 2.74. The molecule has 0 spiro atoms. The van der Waals surface area contributed by atoms with Crippen molar-refractivity contribution in [3.05, 3.63) is 35.6 Å². The van der Waals surface area contributed by atoms with Crippen molar-refractivity contribution in [2.24, 2.45) is 0 Å². The van der Waals surface area contributed by atoms with Crippen LogP contribution in [0.25, 0.3) is 11.3 Å². The van der Waals surface area contributed by atoms with E-state index in [-0.39, 0.29) is 11.3 Å². The predicted octanol–water partition coefficient (Wildman–Crippen LogP) is 3.09. The Morgan fingerprint density at radius 2 is 1.79 bits per heavy atom. The topological polar surface area (TPSA) is 87.9 Å². The second kappa shape index (κ2) is 6.74. The van der Waals surface area contributed by atoms with Crippen LogP contribution in [0.4, 0.5) is 0 Å². The van der Waals surface area contributed by atoms with Crippen molar-refractivity contribution in [2.75, 3.05) is 14.2 Å². The van der Waals surface area contributed by atoms with Gasteiger partial charge in [-0.2, -0.15) is 0 Å². The molecule has 2 aromatic rings. The number of carbonyl (C=O) groups excluding carboxylic acids is 2. The molecule has 0 saturated heterocycles. The van der Waals surface area contributed by atoms with Crippen LogP contribution in [-0.4, -0.2) is 36.9 Å². The third kappa shape index (κ3) is 3.92. The third-order valence-corrected chi connectivity index (χ3v) is 3.01. The Labute approximate surface area is 139 Å². The lowest BCUT2D eigenvalue weighted by atomic mass is 10.1. The first-order valence-corrected chi connectivity index (χ1v) is 7.22. The number of nitrogens with zero attached hydrogens (tertiary/aromatic N) is 1. The number of ether oxygens (including phenoxy) is 3. The van der Waals surface area contributed by atoms with Crippen LogP contribution in [0, 0.1) is 0 Å². The zero-order valence-electron chi connectivity index (χ0n) is 14.2. The van der Waals surface area contributed by atoms with Crippen molar-refractivity contribution in [3.8, 4) is 17.0 Å². The number of hydrogen-bond donors (Lipinski definition) is 0. The molecule has 0 bridgehead atoms. The normalized spacial score (nSPS) is 11.0. The number of esters is 2. The molecular weight excluding hydrogens is 314 g/mol. The van der Waals surface area contributed by atoms with Crippen LogP contribution >= 0.6 is 0 Å². The van der Waals surface area contributed by atoms with Crippen molar-refractivity contribution in [1.82, 2.24) is 5.16 Å². The minimum absolute atomic E-state index is 0.0182. The van der Waals surface area contributed by atoms with Gasteiger partial charge >= 0.3 is 11.9 Å². The summed E-state index contributed by atoms with van der Waals surface area (Å²) in [6.45, 7) is 5.27. The highest BCUT2D eigenvalue weighted by Crippen LogP contribution is 2.27. The molecule has 0 atom stereocenters. The fourth-order valence-corrected chi connectivity index (χ4v) is 1.97. The maximum absolute atomic E-state index is 12.0. The molecule has 0 saturated carbocycles. The van der Waals surface area contributed by atoms with Gasteiger partial charge in [0.15, 0.2) is 0 Å². The summed E-state index contributed by atoms with van der Waals surface area (Å²) in [6, 6.07) is 6.32. The second-order valence-corrected chi connectivity index (χ2v) is 5.98. The number of aromatic nitrogens is 1. The maximum atomic E-state index is 12.0. The standard InChI is InChI=1S/C17H19NO6/c1-17(2,3)23-16(20)14-9-12(18-24-14)10-6-7-13(21-4)11(8-10)15(19)22-5/h6-9H,1-5H3. The second-order valence-electron chi connectivity index (χ2n) is 5.98. The van der Waals surface area contributed by atoms with Gasteiger partial charge < -0.3 is 18.7 Å². The lowest BCUT2D eigenvalue weighted by molar-refractivity contribution is 0.00275. The molecule has 0 amide bonds. The van der Waals surface area contributed by atoms with Crippen LogP contribution in [0.5, 0.6) is 5.75 Å². The van der Waals surface area contributed by atoms with Gasteiger partial charge in [-0.3, -0.25) is 0 Å². The molecule has 2 rings (SSSR count). The highest BCUT2D eigenvalue weighted by Gasteiger charge is 2.22. The van der Waals surface area contributed by atoms with Gasteiger partial charge in [0.25, 0.3) is 0 Å². The van der Waals surface area contributed by atoms with Crippen LogP contribution < -0.4 is 4.74 Å². The van der Waals surface area contributed by atoms with Gasteiger partial charge in [-0.05, 0) is 39.0 Å². The van der Waals surface area contributed by atoms with Crippen LogP contribution in [-0.2, 0) is 9.47 Å². The number of methoxy groups -OCH3 is 2. The summed E-state index contributed by atoms with van der Waals surface area (Å²) >= 11 is 0. The molecule has 1 aromatic carbocycles. The predicted molar refractivity (Wildman–Crippen MR) is 85.0 cm³/mol. The van der Waals surface area contributed by atoms with Gasteiger partial charge in [-0.1, -0.05) is 5.16 Å². The Morgan fingerprint density at radius 3 is 2.38 bits per heavy atom. The first-order chi connectivity index (χ1) is 11.2. The Morgan fingerprint density at radius 1 is 1.08 bits per heavy atom. The van der Waals surface area contributed by atoms with Gasteiger partial charge in [-0.15, -0.1) is 0 Å². The highest BCUT2D eigenvalue weighted by molar-refractivity contribution is 5.94. The van der Waals surface area contributed by atoms with E-state index in [1.54, 1.807) is 39.0 Å². The molecule has 0 aliphatic rings. The van der Waals surface area contributed by atoms with E-state index in [4.69, 9.17) is 18.7 Å². The SMILES string of the molecule is COC(=O)c1cc(-c2cc(C(=O)OC(C)(C)C)on2)ccc1OC. The van der Waals surface area contributed by atoms with Crippen molar-refractivity contribution >= 4 is 11.9 Å². The minimum Gasteiger partial charge on any atom is -0.496 e. The number of benzene rings is 1. The molecule has 24 heavy (non-hydrogen) atoms. The van der Waals surface area contributed by atoms with Gasteiger partial charge in [0, 0.05) is 11.6 Å². The molecule has 1 heterocycles. The number of rotatable bonds is 4. The van der Waals surface area contributed by atoms with E-state index in [0.717, 1.165) is 0 Å². The average molecular weight is 333 g/mol. The molecule has 7 nitrogen and oxygen atoms in total. The molecule has 1 aromatic heterocycles. The van der Waals surface area contributed by atoms with Gasteiger partial charge in [0.2, 0.25) is 5.76 Å². The van der Waals surface area contributed by atoms with Crippen molar-refractivity contribution in [3.63, 3.8) is 0 Å². The molecule has 0 fully saturated rings. The summed E-state index contributed by atoms with van der Waals surface area (Å²) in [5.41, 5.74) is 0.583. The Balaban J connectivity index is 2.33. The minimum atomic E-state index is -0.637. The Kier molecular flexibility index (Phi) is 4.92. The lowest BCUT2D eigenvalue weighted by Gasteiger charge is -2.17. The molecule has 0 N–H and O–H groups in total. The Bertz CT molecular complexity index is 757. The van der Waals surface area contributed by atoms with Crippen LogP contribution in [0.15, 0.2) is 28.8 Å². The van der Waals surface area contributed by atoms with Crippen molar-refractivity contribution in [2.45, 2.75) is 26.4 Å². The van der Waals surface area contributed by atoms with E-state index in [9.17, 15) is 9.59 Å². The number of hydrogen-bond acceptors (Lipinski definition) is 7. The highest BCUT2D eigenvalue weighted by atomic mass is 16.6. The van der Waals surface area contributed by atoms with E-state index < -0.39 is 17.5 Å². The van der Waals surface area contributed by atoms with Crippen molar-refractivity contribution in [1.29, 1.82) is 0 Å². The molecule has 0 radical (unpaired) electrons. The van der Waals surface area contributed by atoms with E-state index >= 15 is 0 Å². The molecule has 128 valence electrons. The zero-order chi connectivity index (χ0) is 17.9. The smallest absolute Gasteiger partial charge is 0.377 e. The van der Waals surface area contributed by atoms with E-state index in [0.29, 0.717) is 17.0 Å². The van der Waals surface area contributed by atoms with E-state index in [1.165, 1.54) is 20.3 Å². The molecule has 0 aliphatic carbocycles. The van der Waals surface area contributed by atoms with Crippen LogP contribution in [0.1, 0.15) is 41.7 Å². The van der Waals surface area contributed by atoms with Crippen LogP contribution in [0.2, 0.25) is 0 Å². The maximum Gasteiger partial charge on any atom is 0.377 e. The molecular formula is C17H19NO6. The summed E-state index contributed by atoms with van der Waals surface area (Å²) in [5, 5.41) is 3.85. The molecule has 7 heteroatoms. The van der Waals surface area contributed by atoms with Crippen molar-refractivity contribution < 1.29 is 28.3 Å². The summed E-state index contributed by atoms with van der Waals surface area (Å²) < 4.78 is 20.1. The zero-order valence-corrected chi connectivity index (χ0v) is 14.2. The van der Waals surface area contributed by atoms with Gasteiger partial charge in [0.1, 0.15) is 22.6 Å². The molecule has 0 unspecified atom stereocenters. The van der Waals surface area contributed by atoms with E-state index in [2.05, 4.69) is 5.16 Å². The fourth-order valence-electron chi connectivity index (χ4n) is 1.97. The number of carbonyl (C=O) groups is 2. The fraction of sp³-hybridized carbons (Fsp3) is 0.353. The first kappa shape index (κ1) is 17.5. The molecule has 0 aliphatic heterocycles. The average Bonchev–Trinajstić information content (AvgIpc) is 3.02. The third-order valence-electron chi connectivity index (χ3n) is 3.01. The quantitative estimate of drug-likeness (QED) is 0.794. The summed E-state index contributed by atoms with van der Waals surface area (Å²) in [5.74, 6) is -0.788. The van der Waals surface area contributed by atoms with E-state index in [1.807, 2.05) is 0 Å². The monoisotopic (exact) mass is 333 g/mol. The largest absolute Gasteiger partial charge is 0.496 e. The van der Waals surface area contributed by atoms with Gasteiger partial charge in [0.05, 0.1) is 14.2 Å².